The summed E-state index contributed by atoms with van der Waals surface area (Å²) in [5, 5.41) is 6.97. The first-order valence-electron chi connectivity index (χ1n) is 18.3. The van der Waals surface area contributed by atoms with Gasteiger partial charge in [-0.1, -0.05) is 5.21 Å². The Kier molecular flexibility index (Phi) is 20.4. The molecule has 0 unspecified atom stereocenters. The SMILES string of the molecule is FC(F)(F)C(F)(F)C(F)(F)C(F)(F)C(F)(F)C(F)(F)C(F)(F)C(F)(F)CCSCCCOCC(COCCCSCCC(F)(F)C(F)(F)C(F)(F)C(F)(F)C(F)(F)C(F)(F)C(F)(F)C(F)(F)F)n1ccnn1. The highest BCUT2D eigenvalue weighted by atomic mass is 32.2. The van der Waals surface area contributed by atoms with E-state index in [2.05, 4.69) is 10.3 Å². The lowest BCUT2D eigenvalue weighted by molar-refractivity contribution is -0.461. The topological polar surface area (TPSA) is 49.2 Å². The van der Waals surface area contributed by atoms with Crippen molar-refractivity contribution in [2.45, 2.75) is 127 Å². The first-order chi connectivity index (χ1) is 31.7. The third-order valence-corrected chi connectivity index (χ3v) is 11.4. The van der Waals surface area contributed by atoms with Crippen molar-refractivity contribution in [1.82, 2.24) is 15.0 Å². The fourth-order valence-electron chi connectivity index (χ4n) is 4.89. The van der Waals surface area contributed by atoms with Gasteiger partial charge in [0.05, 0.1) is 19.4 Å². The van der Waals surface area contributed by atoms with E-state index in [1.54, 1.807) is 0 Å². The summed E-state index contributed by atoms with van der Waals surface area (Å²) in [5.41, 5.74) is 0. The maximum atomic E-state index is 14.1. The van der Waals surface area contributed by atoms with Crippen LogP contribution in [0.4, 0.5) is 149 Å². The average molecular weight is 1180 g/mol. The number of rotatable bonds is 31. The number of aromatic nitrogens is 3. The van der Waals surface area contributed by atoms with E-state index in [0.29, 0.717) is 0 Å². The zero-order valence-electron chi connectivity index (χ0n) is 34.0. The van der Waals surface area contributed by atoms with Crippen LogP contribution in [-0.4, -0.2) is 160 Å². The van der Waals surface area contributed by atoms with Crippen LogP contribution in [0.3, 0.4) is 0 Å². The van der Waals surface area contributed by atoms with Crippen LogP contribution in [-0.2, 0) is 9.47 Å². The van der Waals surface area contributed by atoms with Gasteiger partial charge in [-0.05, 0) is 35.9 Å². The third-order valence-electron chi connectivity index (χ3n) is 9.29. The van der Waals surface area contributed by atoms with Gasteiger partial charge in [-0.25, -0.2) is 4.68 Å². The maximum absolute atomic E-state index is 14.1. The summed E-state index contributed by atoms with van der Waals surface area (Å²) in [5.74, 6) is -119. The molecular weight excluding hydrogens is 1160 g/mol. The van der Waals surface area contributed by atoms with Crippen molar-refractivity contribution < 1.29 is 159 Å². The maximum Gasteiger partial charge on any atom is 0.460 e. The number of thioether (sulfide) groups is 2. The summed E-state index contributed by atoms with van der Waals surface area (Å²) in [6, 6.07) is -1.01. The van der Waals surface area contributed by atoms with Crippen molar-refractivity contribution in [2.24, 2.45) is 0 Å². The number of nitrogens with zero attached hydrogens (tertiary/aromatic N) is 3. The minimum Gasteiger partial charge on any atom is -0.379 e. The highest BCUT2D eigenvalue weighted by molar-refractivity contribution is 7.99. The van der Waals surface area contributed by atoms with Crippen molar-refractivity contribution in [1.29, 1.82) is 0 Å². The Morgan fingerprint density at radius 2 is 0.625 bits per heavy atom. The first-order valence-corrected chi connectivity index (χ1v) is 20.6. The Morgan fingerprint density at radius 3 is 0.875 bits per heavy atom. The molecule has 0 fully saturated rings. The molecule has 428 valence electrons. The summed E-state index contributed by atoms with van der Waals surface area (Å²) in [4.78, 5) is 0. The lowest BCUT2D eigenvalue weighted by Gasteiger charge is -2.42. The van der Waals surface area contributed by atoms with Gasteiger partial charge in [0.15, 0.2) is 0 Å². The van der Waals surface area contributed by atoms with Gasteiger partial charge < -0.3 is 9.47 Å². The molecule has 1 rings (SSSR count). The van der Waals surface area contributed by atoms with Gasteiger partial charge in [0.1, 0.15) is 6.04 Å². The lowest BCUT2D eigenvalue weighted by atomic mass is 9.88. The number of hydrogen-bond acceptors (Lipinski definition) is 6. The van der Waals surface area contributed by atoms with Crippen molar-refractivity contribution >= 4 is 23.5 Å². The standard InChI is InChI=1S/C31H27F34N3O2S2/c32-16(33,18(36,37)20(40,41)22(44,45)24(48,49)26(52,53)28(56,57)30(60,61)62)3-11-71-9-1-7-69-13-15(68-6-5-66-67-68)14-70-8-2-10-72-12-4-17(34,35)19(38,39)21(42,43)23(46,47)25(50,51)27(54,55)29(58,59)31(63,64)65/h5-6,15H,1-4,7-14H2. The summed E-state index contributed by atoms with van der Waals surface area (Å²) < 4.78 is 468. The van der Waals surface area contributed by atoms with Gasteiger partial charge in [0.2, 0.25) is 0 Å². The average Bonchev–Trinajstić information content (AvgIpc) is 3.75. The Balaban J connectivity index is 2.74. The molecule has 0 spiro atoms. The van der Waals surface area contributed by atoms with Crippen molar-refractivity contribution in [3.8, 4) is 0 Å². The Morgan fingerprint density at radius 1 is 0.361 bits per heavy atom. The van der Waals surface area contributed by atoms with Crippen LogP contribution in [0.15, 0.2) is 12.4 Å². The number of ether oxygens (including phenoxy) is 2. The molecule has 1 heterocycles. The zero-order chi connectivity index (χ0) is 57.3. The van der Waals surface area contributed by atoms with Crippen LogP contribution in [0.1, 0.15) is 31.7 Å². The summed E-state index contributed by atoms with van der Waals surface area (Å²) >= 11 is 0.196. The Labute approximate surface area is 386 Å². The molecule has 0 aliphatic rings. The second-order valence-electron chi connectivity index (χ2n) is 14.4. The molecule has 0 bridgehead atoms. The molecule has 41 heteroatoms. The van der Waals surface area contributed by atoms with E-state index in [-0.39, 0.29) is 36.4 Å². The highest BCUT2D eigenvalue weighted by Crippen LogP contribution is 2.66. The molecule has 0 saturated heterocycles. The Hall–Kier alpha value is -2.62. The van der Waals surface area contributed by atoms with Crippen LogP contribution < -0.4 is 0 Å². The third kappa shape index (κ3) is 11.8. The largest absolute Gasteiger partial charge is 0.460 e. The molecule has 0 N–H and O–H groups in total. The number of hydrogen-bond donors (Lipinski definition) is 0. The summed E-state index contributed by atoms with van der Waals surface area (Å²) in [6.07, 6.45) is -19.6. The normalized spacial score (nSPS) is 15.8. The molecule has 1 aromatic rings. The molecule has 1 aromatic heterocycles. The molecule has 0 atom stereocenters. The number of halogens is 34. The van der Waals surface area contributed by atoms with E-state index in [0.717, 1.165) is 17.1 Å². The van der Waals surface area contributed by atoms with Crippen molar-refractivity contribution in [3.05, 3.63) is 12.4 Å². The molecule has 0 radical (unpaired) electrons. The molecule has 0 saturated carbocycles. The fourth-order valence-corrected chi connectivity index (χ4v) is 6.74. The van der Waals surface area contributed by atoms with E-state index in [1.165, 1.54) is 0 Å². The first kappa shape index (κ1) is 67.4. The summed E-state index contributed by atoms with van der Waals surface area (Å²) in [7, 11) is 0. The van der Waals surface area contributed by atoms with Gasteiger partial charge in [-0.3, -0.25) is 0 Å². The highest BCUT2D eigenvalue weighted by Gasteiger charge is 2.97. The van der Waals surface area contributed by atoms with Gasteiger partial charge in [0.25, 0.3) is 0 Å². The van der Waals surface area contributed by atoms with Gasteiger partial charge in [-0.15, -0.1) is 5.10 Å². The molecule has 72 heavy (non-hydrogen) atoms. The molecule has 0 aromatic carbocycles. The minimum absolute atomic E-state index is 0.0982. The quantitative estimate of drug-likeness (QED) is 0.0545. The molecule has 5 nitrogen and oxygen atoms in total. The second kappa shape index (κ2) is 21.8. The predicted molar refractivity (Wildman–Crippen MR) is 175 cm³/mol. The smallest absolute Gasteiger partial charge is 0.379 e. The molecular formula is C31H27F34N3O2S2. The van der Waals surface area contributed by atoms with Crippen LogP contribution in [0.5, 0.6) is 0 Å². The van der Waals surface area contributed by atoms with Gasteiger partial charge in [-0.2, -0.15) is 173 Å². The monoisotopic (exact) mass is 1180 g/mol. The second-order valence-corrected chi connectivity index (χ2v) is 16.9. The van der Waals surface area contributed by atoms with E-state index in [4.69, 9.17) is 9.47 Å². The van der Waals surface area contributed by atoms with E-state index in [1.807, 2.05) is 0 Å². The molecule has 0 aliphatic carbocycles. The lowest BCUT2D eigenvalue weighted by Crippen LogP contribution is -2.74. The predicted octanol–water partition coefficient (Wildman–Crippen LogP) is 13.9. The van der Waals surface area contributed by atoms with Crippen LogP contribution in [0, 0.1) is 0 Å². The van der Waals surface area contributed by atoms with E-state index >= 15 is 0 Å². The van der Waals surface area contributed by atoms with Gasteiger partial charge >= 0.3 is 95.3 Å². The van der Waals surface area contributed by atoms with Crippen molar-refractivity contribution in [3.63, 3.8) is 0 Å². The number of alkyl halides is 34. The minimum atomic E-state index is -8.77. The molecule has 0 aliphatic heterocycles. The van der Waals surface area contributed by atoms with Crippen molar-refractivity contribution in [2.75, 3.05) is 49.4 Å². The van der Waals surface area contributed by atoms with Crippen LogP contribution >= 0.6 is 23.5 Å². The summed E-state index contributed by atoms with van der Waals surface area (Å²) in [6.45, 7) is -1.83. The van der Waals surface area contributed by atoms with Crippen LogP contribution in [0.25, 0.3) is 0 Å². The molecule has 0 amide bonds. The fraction of sp³-hybridized carbons (Fsp3) is 0.935. The van der Waals surface area contributed by atoms with E-state index in [9.17, 15) is 149 Å². The zero-order valence-corrected chi connectivity index (χ0v) is 35.7. The Bertz CT molecular complexity index is 1740. The van der Waals surface area contributed by atoms with Crippen LogP contribution in [0.2, 0.25) is 0 Å². The van der Waals surface area contributed by atoms with E-state index < -0.39 is 164 Å². The van der Waals surface area contributed by atoms with Gasteiger partial charge in [0, 0.05) is 32.3 Å².